The van der Waals surface area contributed by atoms with E-state index in [0.717, 1.165) is 12.9 Å². The number of hydrogen-bond acceptors (Lipinski definition) is 5. The van der Waals surface area contributed by atoms with Gasteiger partial charge in [0.1, 0.15) is 0 Å². The maximum atomic E-state index is 8.80. The zero-order chi connectivity index (χ0) is 9.54. The van der Waals surface area contributed by atoms with E-state index in [1.54, 1.807) is 0 Å². The maximum absolute atomic E-state index is 8.80. The first kappa shape index (κ1) is 29.2. The quantitative estimate of drug-likeness (QED) is 0.315. The van der Waals surface area contributed by atoms with Crippen molar-refractivity contribution in [2.45, 2.75) is 0 Å². The summed E-state index contributed by atoms with van der Waals surface area (Å²) in [4.78, 5) is 34.1. The molecular formula is C4H2Ca2O7. The summed E-state index contributed by atoms with van der Waals surface area (Å²) in [6.07, 6.45) is 0. The minimum absolute atomic E-state index is 0. The van der Waals surface area contributed by atoms with Crippen LogP contribution in [0.2, 0.25) is 0 Å². The molecular weight excluding hydrogens is 240 g/mol. The van der Waals surface area contributed by atoms with Gasteiger partial charge in [0.25, 0.3) is 0 Å². The predicted molar refractivity (Wildman–Crippen MR) is 40.6 cm³/mol. The standard InChI is InChI=1S/C2O3.2CHO2.2Ca/c3-1-5-2-4;2*2-1-3;;/h;2*(H,2,3);;/q-2;2*-1;2*+2. The minimum Gasteiger partial charge on any atom is -0.783 e. The molecule has 0 aliphatic rings. The Morgan fingerprint density at radius 2 is 0.923 bits per heavy atom. The summed E-state index contributed by atoms with van der Waals surface area (Å²) in [6.45, 7) is 2.69. The van der Waals surface area contributed by atoms with Crippen LogP contribution in [0.3, 0.4) is 0 Å². The zero-order valence-corrected chi connectivity index (χ0v) is 10.8. The smallest absolute Gasteiger partial charge is 0.783 e. The van der Waals surface area contributed by atoms with Crippen LogP contribution < -0.4 is 0 Å². The maximum Gasteiger partial charge on any atom is 2.00 e. The molecule has 0 bridgehead atoms. The Balaban J connectivity index is -0.0000000240. The van der Waals surface area contributed by atoms with Gasteiger partial charge in [-0.25, -0.2) is 0 Å². The van der Waals surface area contributed by atoms with Crippen LogP contribution in [-0.2, 0) is 23.9 Å². The van der Waals surface area contributed by atoms with Gasteiger partial charge in [-0.15, -0.1) is 12.9 Å². The first-order chi connectivity index (χ1) is 5.24. The molecule has 0 aromatic rings. The van der Waals surface area contributed by atoms with Crippen molar-refractivity contribution in [1.29, 1.82) is 0 Å². The molecule has 0 amide bonds. The molecule has 0 aliphatic carbocycles. The SMILES string of the molecule is O=[C-]O.O=[C-]O.O=[C-]O[C-]=O.[Ca+2].[Ca+2]. The first-order valence-electron chi connectivity index (χ1n) is 1.67. The molecule has 0 aromatic carbocycles. The average molecular weight is 242 g/mol. The van der Waals surface area contributed by atoms with Crippen molar-refractivity contribution in [1.82, 2.24) is 0 Å². The third-order valence-electron chi connectivity index (χ3n) is 0.0833. The molecule has 0 saturated carbocycles. The van der Waals surface area contributed by atoms with Gasteiger partial charge in [0.05, 0.1) is 0 Å². The Bertz CT molecular complexity index is 94.7. The molecule has 64 valence electrons. The molecule has 0 unspecified atom stereocenters. The number of rotatable bonds is 2. The molecule has 0 aliphatic heterocycles. The molecule has 0 heterocycles. The van der Waals surface area contributed by atoms with Crippen molar-refractivity contribution >= 4 is 101 Å². The van der Waals surface area contributed by atoms with Gasteiger partial charge in [0, 0.05) is 0 Å². The molecule has 0 saturated heterocycles. The minimum atomic E-state index is 0. The van der Waals surface area contributed by atoms with Crippen molar-refractivity contribution < 1.29 is 34.1 Å². The average Bonchev–Trinajstić information content (AvgIpc) is 1.92. The molecule has 0 spiro atoms. The van der Waals surface area contributed by atoms with Gasteiger partial charge in [-0.1, -0.05) is 12.9 Å². The van der Waals surface area contributed by atoms with Crippen LogP contribution >= 0.6 is 0 Å². The molecule has 0 radical (unpaired) electrons. The summed E-state index contributed by atoms with van der Waals surface area (Å²) in [6, 6.07) is 0. The molecule has 0 aromatic heterocycles. The summed E-state index contributed by atoms with van der Waals surface area (Å²) in [5, 5.41) is 13.5. The summed E-state index contributed by atoms with van der Waals surface area (Å²) in [5.74, 6) is 0. The third-order valence-corrected chi connectivity index (χ3v) is 0.0833. The van der Waals surface area contributed by atoms with Gasteiger partial charge < -0.3 is 34.1 Å². The van der Waals surface area contributed by atoms with E-state index in [9.17, 15) is 0 Å². The largest absolute Gasteiger partial charge is 2.00 e. The van der Waals surface area contributed by atoms with Gasteiger partial charge in [-0.3, -0.25) is 0 Å². The van der Waals surface area contributed by atoms with E-state index in [4.69, 9.17) is 29.4 Å². The van der Waals surface area contributed by atoms with Crippen LogP contribution in [-0.4, -0.2) is 112 Å². The van der Waals surface area contributed by atoms with E-state index >= 15 is 0 Å². The third kappa shape index (κ3) is 209. The molecule has 0 atom stereocenters. The van der Waals surface area contributed by atoms with E-state index in [1.807, 2.05) is 0 Å². The van der Waals surface area contributed by atoms with Crippen molar-refractivity contribution in [3.8, 4) is 0 Å². The van der Waals surface area contributed by atoms with Gasteiger partial charge in [-0.05, 0) is 0 Å². The summed E-state index contributed by atoms with van der Waals surface area (Å²) >= 11 is 0. The molecule has 13 heavy (non-hydrogen) atoms. The fourth-order valence-corrected chi connectivity index (χ4v) is 0.0170. The second-order valence-electron chi connectivity index (χ2n) is 0.451. The van der Waals surface area contributed by atoms with Gasteiger partial charge in [0.2, 0.25) is 0 Å². The number of hydrogen-bond donors (Lipinski definition) is 2. The van der Waals surface area contributed by atoms with Crippen molar-refractivity contribution in [3.63, 3.8) is 0 Å². The van der Waals surface area contributed by atoms with E-state index in [-0.39, 0.29) is 75.5 Å². The fourth-order valence-electron chi connectivity index (χ4n) is 0.0170. The summed E-state index contributed by atoms with van der Waals surface area (Å²) in [5.41, 5.74) is 0. The Hall–Kier alpha value is 0.599. The van der Waals surface area contributed by atoms with Crippen LogP contribution in [0.1, 0.15) is 0 Å². The van der Waals surface area contributed by atoms with Crippen molar-refractivity contribution in [3.05, 3.63) is 0 Å². The van der Waals surface area contributed by atoms with Crippen LogP contribution in [0.4, 0.5) is 0 Å². The summed E-state index contributed by atoms with van der Waals surface area (Å²) in [7, 11) is 0. The number of ether oxygens (including phenoxy) is 1. The Labute approximate surface area is 133 Å². The normalized spacial score (nSPS) is 4.00. The molecule has 7 nitrogen and oxygen atoms in total. The van der Waals surface area contributed by atoms with E-state index in [1.165, 1.54) is 0 Å². The second-order valence-corrected chi connectivity index (χ2v) is 0.451. The molecule has 0 fully saturated rings. The number of aliphatic hydroxyl groups excluding tert-OH is 2. The van der Waals surface area contributed by atoms with Crippen LogP contribution in [0.25, 0.3) is 0 Å². The second kappa shape index (κ2) is 54.1. The van der Waals surface area contributed by atoms with Gasteiger partial charge in [0.15, 0.2) is 0 Å². The Morgan fingerprint density at radius 1 is 0.769 bits per heavy atom. The van der Waals surface area contributed by atoms with E-state index in [0.29, 0.717) is 12.9 Å². The Morgan fingerprint density at radius 3 is 0.923 bits per heavy atom. The van der Waals surface area contributed by atoms with Crippen LogP contribution in [0.5, 0.6) is 0 Å². The van der Waals surface area contributed by atoms with E-state index < -0.39 is 0 Å². The molecule has 2 N–H and O–H groups in total. The summed E-state index contributed by atoms with van der Waals surface area (Å²) < 4.78 is 3.22. The van der Waals surface area contributed by atoms with Crippen molar-refractivity contribution in [2.24, 2.45) is 0 Å². The Kier molecular flexibility index (Phi) is 121. The van der Waals surface area contributed by atoms with Crippen LogP contribution in [0, 0.1) is 0 Å². The molecule has 9 heteroatoms. The topological polar surface area (TPSA) is 118 Å². The van der Waals surface area contributed by atoms with Crippen LogP contribution in [0.15, 0.2) is 0 Å². The number of carbonyl (C=O) groups excluding carboxylic acids is 2. The van der Waals surface area contributed by atoms with Gasteiger partial charge >= 0.3 is 75.5 Å². The fraction of sp³-hybridized carbons (Fsp3) is 0. The monoisotopic (exact) mass is 242 g/mol. The van der Waals surface area contributed by atoms with Gasteiger partial charge in [-0.2, -0.15) is 0 Å². The first-order valence-corrected chi connectivity index (χ1v) is 1.67. The van der Waals surface area contributed by atoms with E-state index in [2.05, 4.69) is 4.74 Å². The van der Waals surface area contributed by atoms with Crippen molar-refractivity contribution in [2.75, 3.05) is 0 Å². The molecule has 0 rings (SSSR count). The predicted octanol–water partition coefficient (Wildman–Crippen LogP) is -2.40. The zero-order valence-electron chi connectivity index (χ0n) is 6.35.